The fourth-order valence-electron chi connectivity index (χ4n) is 3.73. The lowest BCUT2D eigenvalue weighted by Gasteiger charge is -2.23. The molecular formula is C22H24N4O3. The molecule has 3 heterocycles. The van der Waals surface area contributed by atoms with E-state index in [9.17, 15) is 9.59 Å². The number of nitrogens with zero attached hydrogens (tertiary/aromatic N) is 3. The standard InChI is InChI=1S/C22H24N4O3/c27-21(18-8-4-13-26(18)22(28)19-9-5-15-29-19)24-11-10-20-23-12-14-25(20)16-17-6-2-1-3-7-17/h1-3,5-7,9,12,14-15,18H,4,8,10-11,13,16H2,(H,24,27). The Morgan fingerprint density at radius 1 is 1.17 bits per heavy atom. The lowest BCUT2D eigenvalue weighted by molar-refractivity contribution is -0.124. The van der Waals surface area contributed by atoms with Crippen molar-refractivity contribution in [3.63, 3.8) is 0 Å². The Balaban J connectivity index is 1.31. The predicted octanol–water partition coefficient (Wildman–Crippen LogP) is 2.49. The van der Waals surface area contributed by atoms with Crippen LogP contribution in [0.3, 0.4) is 0 Å². The zero-order chi connectivity index (χ0) is 20.1. The number of aromatic nitrogens is 2. The van der Waals surface area contributed by atoms with Gasteiger partial charge in [0, 0.05) is 38.4 Å². The number of rotatable bonds is 7. The van der Waals surface area contributed by atoms with Crippen LogP contribution in [0.4, 0.5) is 0 Å². The zero-order valence-corrected chi connectivity index (χ0v) is 16.2. The van der Waals surface area contributed by atoms with Crippen LogP contribution in [0, 0.1) is 0 Å². The molecule has 1 aliphatic rings. The first-order chi connectivity index (χ1) is 14.2. The molecule has 1 aromatic carbocycles. The van der Waals surface area contributed by atoms with E-state index in [0.717, 1.165) is 18.8 Å². The molecule has 1 aliphatic heterocycles. The molecule has 7 nitrogen and oxygen atoms in total. The van der Waals surface area contributed by atoms with Gasteiger partial charge in [-0.05, 0) is 30.5 Å². The molecule has 0 bridgehead atoms. The van der Waals surface area contributed by atoms with Gasteiger partial charge in [-0.2, -0.15) is 0 Å². The number of carbonyl (C=O) groups is 2. The third-order valence-corrected chi connectivity index (χ3v) is 5.19. The van der Waals surface area contributed by atoms with Crippen molar-refractivity contribution < 1.29 is 14.0 Å². The summed E-state index contributed by atoms with van der Waals surface area (Å²) in [5.74, 6) is 0.839. The fraction of sp³-hybridized carbons (Fsp3) is 0.318. The number of carbonyl (C=O) groups excluding carboxylic acids is 2. The highest BCUT2D eigenvalue weighted by atomic mass is 16.3. The minimum Gasteiger partial charge on any atom is -0.459 e. The van der Waals surface area contributed by atoms with Crippen molar-refractivity contribution in [2.24, 2.45) is 0 Å². The van der Waals surface area contributed by atoms with E-state index in [1.165, 1.54) is 11.8 Å². The van der Waals surface area contributed by atoms with E-state index in [1.807, 2.05) is 24.4 Å². The third kappa shape index (κ3) is 4.39. The maximum absolute atomic E-state index is 12.7. The normalized spacial score (nSPS) is 16.1. The molecule has 2 amide bonds. The molecule has 3 aromatic rings. The van der Waals surface area contributed by atoms with Crippen LogP contribution in [-0.4, -0.2) is 45.4 Å². The maximum atomic E-state index is 12.7. The molecule has 0 saturated carbocycles. The lowest BCUT2D eigenvalue weighted by Crippen LogP contribution is -2.46. The first-order valence-corrected chi connectivity index (χ1v) is 9.88. The molecule has 1 fully saturated rings. The number of likely N-dealkylation sites (tertiary alicyclic amines) is 1. The van der Waals surface area contributed by atoms with Crippen LogP contribution >= 0.6 is 0 Å². The maximum Gasteiger partial charge on any atom is 0.290 e. The van der Waals surface area contributed by atoms with Crippen molar-refractivity contribution in [3.05, 3.63) is 78.3 Å². The number of furan rings is 1. The molecule has 2 aromatic heterocycles. The average molecular weight is 392 g/mol. The Kier molecular flexibility index (Phi) is 5.74. The van der Waals surface area contributed by atoms with E-state index in [0.29, 0.717) is 25.9 Å². The van der Waals surface area contributed by atoms with Crippen molar-refractivity contribution in [3.8, 4) is 0 Å². The molecule has 7 heteroatoms. The Hall–Kier alpha value is -3.35. The smallest absolute Gasteiger partial charge is 0.290 e. The molecule has 29 heavy (non-hydrogen) atoms. The van der Waals surface area contributed by atoms with Gasteiger partial charge in [-0.1, -0.05) is 30.3 Å². The van der Waals surface area contributed by atoms with E-state index in [2.05, 4.69) is 27.0 Å². The second-order valence-electron chi connectivity index (χ2n) is 7.13. The molecule has 0 aliphatic carbocycles. The molecule has 1 atom stereocenters. The number of hydrogen-bond donors (Lipinski definition) is 1. The average Bonchev–Trinajstić information content (AvgIpc) is 3.50. The number of amides is 2. The Morgan fingerprint density at radius 2 is 2.03 bits per heavy atom. The van der Waals surface area contributed by atoms with Gasteiger partial charge in [0.1, 0.15) is 11.9 Å². The molecule has 1 unspecified atom stereocenters. The molecule has 1 saturated heterocycles. The number of imidazole rings is 1. The summed E-state index contributed by atoms with van der Waals surface area (Å²) in [4.78, 5) is 31.2. The minimum absolute atomic E-state index is 0.122. The minimum atomic E-state index is -0.448. The summed E-state index contributed by atoms with van der Waals surface area (Å²) < 4.78 is 7.28. The summed E-state index contributed by atoms with van der Waals surface area (Å²) in [5.41, 5.74) is 1.20. The summed E-state index contributed by atoms with van der Waals surface area (Å²) in [5, 5.41) is 2.97. The third-order valence-electron chi connectivity index (χ3n) is 5.19. The van der Waals surface area contributed by atoms with Crippen LogP contribution in [0.15, 0.2) is 65.5 Å². The first-order valence-electron chi connectivity index (χ1n) is 9.88. The van der Waals surface area contributed by atoms with Crippen LogP contribution in [0.5, 0.6) is 0 Å². The summed E-state index contributed by atoms with van der Waals surface area (Å²) in [6.07, 6.45) is 7.30. The molecule has 0 spiro atoms. The second kappa shape index (κ2) is 8.77. The van der Waals surface area contributed by atoms with Crippen molar-refractivity contribution in [1.29, 1.82) is 0 Å². The SMILES string of the molecule is O=C(NCCc1nccn1Cc1ccccc1)C1CCCN1C(=O)c1ccco1. The van der Waals surface area contributed by atoms with Gasteiger partial charge < -0.3 is 19.2 Å². The number of nitrogens with one attached hydrogen (secondary N) is 1. The van der Waals surface area contributed by atoms with Crippen molar-refractivity contribution in [2.75, 3.05) is 13.1 Å². The number of hydrogen-bond acceptors (Lipinski definition) is 4. The van der Waals surface area contributed by atoms with E-state index in [1.54, 1.807) is 23.2 Å². The largest absolute Gasteiger partial charge is 0.459 e. The topological polar surface area (TPSA) is 80.4 Å². The van der Waals surface area contributed by atoms with E-state index >= 15 is 0 Å². The van der Waals surface area contributed by atoms with E-state index in [-0.39, 0.29) is 17.6 Å². The lowest BCUT2D eigenvalue weighted by atomic mass is 10.2. The first kappa shape index (κ1) is 19.0. The van der Waals surface area contributed by atoms with E-state index in [4.69, 9.17) is 4.42 Å². The molecule has 1 N–H and O–H groups in total. The molecular weight excluding hydrogens is 368 g/mol. The van der Waals surface area contributed by atoms with Gasteiger partial charge in [-0.25, -0.2) is 4.98 Å². The van der Waals surface area contributed by atoms with Crippen LogP contribution in [0.25, 0.3) is 0 Å². The van der Waals surface area contributed by atoms with Crippen LogP contribution in [0.2, 0.25) is 0 Å². The van der Waals surface area contributed by atoms with Crippen molar-refractivity contribution in [2.45, 2.75) is 31.8 Å². The van der Waals surface area contributed by atoms with E-state index < -0.39 is 6.04 Å². The van der Waals surface area contributed by atoms with Gasteiger partial charge in [-0.15, -0.1) is 0 Å². The van der Waals surface area contributed by atoms with Gasteiger partial charge in [-0.3, -0.25) is 9.59 Å². The Bertz CT molecular complexity index is 950. The monoisotopic (exact) mass is 392 g/mol. The highest BCUT2D eigenvalue weighted by Crippen LogP contribution is 2.20. The quantitative estimate of drug-likeness (QED) is 0.670. The molecule has 150 valence electrons. The van der Waals surface area contributed by atoms with Gasteiger partial charge >= 0.3 is 0 Å². The Labute approximate surface area is 169 Å². The van der Waals surface area contributed by atoms with Gasteiger partial charge in [0.05, 0.1) is 6.26 Å². The summed E-state index contributed by atoms with van der Waals surface area (Å²) in [7, 11) is 0. The van der Waals surface area contributed by atoms with Gasteiger partial charge in [0.15, 0.2) is 5.76 Å². The van der Waals surface area contributed by atoms with Crippen LogP contribution in [-0.2, 0) is 17.8 Å². The Morgan fingerprint density at radius 3 is 2.83 bits per heavy atom. The van der Waals surface area contributed by atoms with Gasteiger partial charge in [0.2, 0.25) is 5.91 Å². The molecule has 4 rings (SSSR count). The highest BCUT2D eigenvalue weighted by Gasteiger charge is 2.35. The fourth-order valence-corrected chi connectivity index (χ4v) is 3.73. The summed E-state index contributed by atoms with van der Waals surface area (Å²) in [6.45, 7) is 1.79. The van der Waals surface area contributed by atoms with Crippen LogP contribution < -0.4 is 5.32 Å². The molecule has 0 radical (unpaired) electrons. The van der Waals surface area contributed by atoms with Gasteiger partial charge in [0.25, 0.3) is 5.91 Å². The van der Waals surface area contributed by atoms with Crippen LogP contribution in [0.1, 0.15) is 34.8 Å². The zero-order valence-electron chi connectivity index (χ0n) is 16.2. The summed E-state index contributed by atoms with van der Waals surface area (Å²) >= 11 is 0. The van der Waals surface area contributed by atoms with Crippen molar-refractivity contribution >= 4 is 11.8 Å². The second-order valence-corrected chi connectivity index (χ2v) is 7.13. The predicted molar refractivity (Wildman–Crippen MR) is 107 cm³/mol. The van der Waals surface area contributed by atoms with Crippen molar-refractivity contribution in [1.82, 2.24) is 19.8 Å². The number of benzene rings is 1. The summed E-state index contributed by atoms with van der Waals surface area (Å²) in [6, 6.07) is 13.0. The highest BCUT2D eigenvalue weighted by molar-refractivity contribution is 5.95.